The van der Waals surface area contributed by atoms with Crippen LogP contribution in [0.3, 0.4) is 0 Å². The van der Waals surface area contributed by atoms with Gasteiger partial charge >= 0.3 is 0 Å². The van der Waals surface area contributed by atoms with Gasteiger partial charge in [0.2, 0.25) is 10.0 Å². The van der Waals surface area contributed by atoms with Crippen molar-refractivity contribution in [2.45, 2.75) is 44.4 Å². The largest absolute Gasteiger partial charge is 0.382 e. The van der Waals surface area contributed by atoms with Crippen LogP contribution in [0, 0.1) is 6.92 Å². The van der Waals surface area contributed by atoms with E-state index in [1.54, 1.807) is 6.07 Å². The van der Waals surface area contributed by atoms with Gasteiger partial charge in [-0.15, -0.1) is 11.3 Å². The normalized spacial score (nSPS) is 12.0. The number of aryl methyl sites for hydroxylation is 1. The average Bonchev–Trinajstić information content (AvgIpc) is 2.81. The monoisotopic (exact) mass is 334 g/mol. The first-order chi connectivity index (χ1) is 10.0. The Morgan fingerprint density at radius 2 is 2.05 bits per heavy atom. The summed E-state index contributed by atoms with van der Waals surface area (Å²) < 4.78 is 32.6. The van der Waals surface area contributed by atoms with Crippen molar-refractivity contribution < 1.29 is 13.2 Å². The molecule has 1 aromatic rings. The topological polar surface area (TPSA) is 67.4 Å². The van der Waals surface area contributed by atoms with E-state index in [0.29, 0.717) is 30.4 Å². The molecule has 0 amide bonds. The van der Waals surface area contributed by atoms with Crippen LogP contribution in [0.5, 0.6) is 0 Å². The molecule has 0 saturated heterocycles. The summed E-state index contributed by atoms with van der Waals surface area (Å²) in [6, 6.07) is 1.75. The van der Waals surface area contributed by atoms with Gasteiger partial charge in [-0.2, -0.15) is 0 Å². The lowest BCUT2D eigenvalue weighted by Gasteiger charge is -2.04. The Balaban J connectivity index is 2.56. The lowest BCUT2D eigenvalue weighted by atomic mass is 10.3. The lowest BCUT2D eigenvalue weighted by Crippen LogP contribution is -2.24. The third kappa shape index (κ3) is 6.44. The van der Waals surface area contributed by atoms with Gasteiger partial charge in [0.05, 0.1) is 0 Å². The number of hydrogen-bond acceptors (Lipinski definition) is 5. The third-order valence-corrected chi connectivity index (χ3v) is 6.11. The van der Waals surface area contributed by atoms with Crippen LogP contribution >= 0.6 is 11.3 Å². The molecule has 0 aliphatic rings. The van der Waals surface area contributed by atoms with E-state index in [-0.39, 0.29) is 0 Å². The van der Waals surface area contributed by atoms with Crippen molar-refractivity contribution in [2.24, 2.45) is 0 Å². The molecule has 0 atom stereocenters. The first-order valence-electron chi connectivity index (χ1n) is 7.38. The van der Waals surface area contributed by atoms with Crippen LogP contribution in [0.4, 0.5) is 0 Å². The van der Waals surface area contributed by atoms with Crippen molar-refractivity contribution >= 4 is 21.4 Å². The predicted octanol–water partition coefficient (Wildman–Crippen LogP) is 2.26. The molecule has 0 unspecified atom stereocenters. The van der Waals surface area contributed by atoms with E-state index in [0.717, 1.165) is 30.0 Å². The fourth-order valence-corrected chi connectivity index (χ4v) is 4.45. The van der Waals surface area contributed by atoms with Crippen molar-refractivity contribution in [1.29, 1.82) is 0 Å². The molecule has 122 valence electrons. The Hall–Kier alpha value is -0.470. The zero-order valence-corrected chi connectivity index (χ0v) is 14.7. The van der Waals surface area contributed by atoms with Gasteiger partial charge in [0.25, 0.3) is 0 Å². The molecule has 0 bridgehead atoms. The molecule has 2 N–H and O–H groups in total. The van der Waals surface area contributed by atoms with E-state index in [1.165, 1.54) is 11.3 Å². The maximum atomic E-state index is 12.2. The van der Waals surface area contributed by atoms with Crippen molar-refractivity contribution in [3.8, 4) is 0 Å². The first-order valence-corrected chi connectivity index (χ1v) is 9.68. The number of ether oxygens (including phenoxy) is 1. The number of sulfonamides is 1. The van der Waals surface area contributed by atoms with Crippen LogP contribution in [-0.4, -0.2) is 34.7 Å². The molecular formula is C14H26N2O3S2. The first kappa shape index (κ1) is 18.6. The maximum Gasteiger partial charge on any atom is 0.250 e. The average molecular weight is 335 g/mol. The smallest absolute Gasteiger partial charge is 0.250 e. The second kappa shape index (κ2) is 9.53. The second-order valence-corrected chi connectivity index (χ2v) is 7.93. The van der Waals surface area contributed by atoms with Gasteiger partial charge in [0.15, 0.2) is 0 Å². The van der Waals surface area contributed by atoms with E-state index >= 15 is 0 Å². The van der Waals surface area contributed by atoms with Gasteiger partial charge < -0.3 is 10.1 Å². The van der Waals surface area contributed by atoms with Gasteiger partial charge in [-0.3, -0.25) is 0 Å². The predicted molar refractivity (Wildman–Crippen MR) is 87.4 cm³/mol. The van der Waals surface area contributed by atoms with E-state index in [1.807, 2.05) is 13.8 Å². The summed E-state index contributed by atoms with van der Waals surface area (Å²) in [7, 11) is -3.39. The molecule has 0 spiro atoms. The Kier molecular flexibility index (Phi) is 8.43. The summed E-state index contributed by atoms with van der Waals surface area (Å²) in [6.07, 6.45) is 1.75. The molecule has 0 fully saturated rings. The van der Waals surface area contributed by atoms with Crippen LogP contribution in [-0.2, 0) is 21.3 Å². The highest BCUT2D eigenvalue weighted by atomic mass is 32.2. The molecule has 0 radical (unpaired) electrons. The maximum absolute atomic E-state index is 12.2. The quantitative estimate of drug-likeness (QED) is 0.609. The molecular weight excluding hydrogens is 308 g/mol. The Labute approximate surface area is 132 Å². The van der Waals surface area contributed by atoms with Crippen LogP contribution in [0.1, 0.15) is 37.1 Å². The molecule has 1 aromatic heterocycles. The Morgan fingerprint density at radius 1 is 1.29 bits per heavy atom. The molecule has 5 nitrogen and oxygen atoms in total. The molecule has 1 heterocycles. The second-order valence-electron chi connectivity index (χ2n) is 4.80. The molecule has 0 aromatic carbocycles. The van der Waals surface area contributed by atoms with Crippen molar-refractivity contribution in [3.05, 3.63) is 16.5 Å². The summed E-state index contributed by atoms with van der Waals surface area (Å²) in [4.78, 5) is 1.08. The van der Waals surface area contributed by atoms with E-state index in [4.69, 9.17) is 4.74 Å². The van der Waals surface area contributed by atoms with Crippen LogP contribution in [0.15, 0.2) is 10.3 Å². The minimum atomic E-state index is -3.39. The highest BCUT2D eigenvalue weighted by Crippen LogP contribution is 2.25. The molecule has 0 saturated carbocycles. The van der Waals surface area contributed by atoms with E-state index in [2.05, 4.69) is 17.0 Å². The minimum Gasteiger partial charge on any atom is -0.382 e. The molecule has 7 heteroatoms. The molecule has 1 rings (SSSR count). The van der Waals surface area contributed by atoms with Crippen LogP contribution in [0.2, 0.25) is 0 Å². The van der Waals surface area contributed by atoms with Crippen molar-refractivity contribution in [1.82, 2.24) is 10.0 Å². The van der Waals surface area contributed by atoms with Gasteiger partial charge in [0, 0.05) is 31.2 Å². The number of hydrogen-bond donors (Lipinski definition) is 2. The van der Waals surface area contributed by atoms with Crippen molar-refractivity contribution in [2.75, 3.05) is 26.3 Å². The highest BCUT2D eigenvalue weighted by molar-refractivity contribution is 7.91. The summed E-state index contributed by atoms with van der Waals surface area (Å²) in [5.41, 5.74) is 1.03. The van der Waals surface area contributed by atoms with Gasteiger partial charge in [-0.25, -0.2) is 13.1 Å². The highest BCUT2D eigenvalue weighted by Gasteiger charge is 2.18. The SMILES string of the molecule is CCCNCc1sc(S(=O)(=O)NCCCOCC)cc1C. The minimum absolute atomic E-state index is 0.393. The fraction of sp³-hybridized carbons (Fsp3) is 0.714. The van der Waals surface area contributed by atoms with Gasteiger partial charge in [-0.1, -0.05) is 6.92 Å². The Morgan fingerprint density at radius 3 is 2.71 bits per heavy atom. The zero-order valence-electron chi connectivity index (χ0n) is 13.1. The number of rotatable bonds is 11. The Bertz CT molecular complexity index is 512. The van der Waals surface area contributed by atoms with Crippen LogP contribution < -0.4 is 10.0 Å². The van der Waals surface area contributed by atoms with Crippen molar-refractivity contribution in [3.63, 3.8) is 0 Å². The zero-order chi connectivity index (χ0) is 15.7. The van der Waals surface area contributed by atoms with Gasteiger partial charge in [0.1, 0.15) is 4.21 Å². The van der Waals surface area contributed by atoms with Crippen LogP contribution in [0.25, 0.3) is 0 Å². The number of nitrogens with one attached hydrogen (secondary N) is 2. The summed E-state index contributed by atoms with van der Waals surface area (Å²) >= 11 is 1.34. The fourth-order valence-electron chi connectivity index (χ4n) is 1.77. The van der Waals surface area contributed by atoms with E-state index < -0.39 is 10.0 Å². The summed E-state index contributed by atoms with van der Waals surface area (Å²) in [6.45, 7) is 9.29. The third-order valence-electron chi connectivity index (χ3n) is 2.94. The molecule has 0 aliphatic heterocycles. The lowest BCUT2D eigenvalue weighted by molar-refractivity contribution is 0.146. The van der Waals surface area contributed by atoms with Gasteiger partial charge in [-0.05, 0) is 44.9 Å². The molecule has 21 heavy (non-hydrogen) atoms. The summed E-state index contributed by atoms with van der Waals surface area (Å²) in [5, 5.41) is 3.30. The van der Waals surface area contributed by atoms with E-state index in [9.17, 15) is 8.42 Å². The standard InChI is InChI=1S/C14H26N2O3S2/c1-4-7-15-11-13-12(3)10-14(20-13)21(17,18)16-8-6-9-19-5-2/h10,15-16H,4-9,11H2,1-3H3. The summed E-state index contributed by atoms with van der Waals surface area (Å²) in [5.74, 6) is 0. The number of thiophene rings is 1. The molecule has 0 aliphatic carbocycles.